The Hall–Kier alpha value is -2.15. The number of carbonyl (C=O) groups excluding carboxylic acids is 1. The molecule has 1 aliphatic rings. The van der Waals surface area contributed by atoms with Crippen LogP contribution in [0.25, 0.3) is 5.57 Å². The van der Waals surface area contributed by atoms with E-state index in [0.29, 0.717) is 0 Å². The van der Waals surface area contributed by atoms with Crippen molar-refractivity contribution in [2.24, 2.45) is 0 Å². The van der Waals surface area contributed by atoms with Gasteiger partial charge in [0.1, 0.15) is 0 Å². The van der Waals surface area contributed by atoms with E-state index >= 15 is 0 Å². The van der Waals surface area contributed by atoms with E-state index in [2.05, 4.69) is 6.07 Å². The van der Waals surface area contributed by atoms with Crippen molar-refractivity contribution in [3.05, 3.63) is 76.9 Å². The zero-order valence-corrected chi connectivity index (χ0v) is 10.3. The van der Waals surface area contributed by atoms with Crippen molar-refractivity contribution < 1.29 is 4.79 Å². The quantitative estimate of drug-likeness (QED) is 0.733. The summed E-state index contributed by atoms with van der Waals surface area (Å²) in [7, 11) is 0. The molecule has 18 heavy (non-hydrogen) atoms. The maximum absolute atomic E-state index is 12.5. The number of hydrogen-bond acceptors (Lipinski definition) is 1. The highest BCUT2D eigenvalue weighted by molar-refractivity contribution is 6.30. The first-order chi connectivity index (χ1) is 8.75. The summed E-state index contributed by atoms with van der Waals surface area (Å²) < 4.78 is 0. The molecule has 0 amide bonds. The lowest BCUT2D eigenvalue weighted by molar-refractivity contribution is 0.105. The standard InChI is InChI=1S/C17H14O/c1-12-5-4-7-14(11-12)16-10-9-13-6-2-3-8-15(13)17(16)18/h2-8,10-11H,9H2,1H3. The first-order valence-corrected chi connectivity index (χ1v) is 6.15. The summed E-state index contributed by atoms with van der Waals surface area (Å²) in [4.78, 5) is 12.5. The highest BCUT2D eigenvalue weighted by Crippen LogP contribution is 2.27. The Morgan fingerprint density at radius 2 is 1.83 bits per heavy atom. The molecule has 1 heteroatoms. The van der Waals surface area contributed by atoms with Crippen LogP contribution < -0.4 is 0 Å². The molecule has 0 radical (unpaired) electrons. The molecule has 1 nitrogen and oxygen atoms in total. The maximum Gasteiger partial charge on any atom is 0.193 e. The van der Waals surface area contributed by atoms with Crippen LogP contribution in [0.3, 0.4) is 0 Å². The molecule has 0 aliphatic heterocycles. The van der Waals surface area contributed by atoms with Gasteiger partial charge in [-0.1, -0.05) is 60.2 Å². The van der Waals surface area contributed by atoms with Gasteiger partial charge in [-0.2, -0.15) is 0 Å². The van der Waals surface area contributed by atoms with Crippen molar-refractivity contribution in [2.75, 3.05) is 0 Å². The topological polar surface area (TPSA) is 17.1 Å². The van der Waals surface area contributed by atoms with Gasteiger partial charge in [0.2, 0.25) is 0 Å². The van der Waals surface area contributed by atoms with Crippen molar-refractivity contribution in [2.45, 2.75) is 13.3 Å². The molecule has 0 atom stereocenters. The van der Waals surface area contributed by atoms with Crippen molar-refractivity contribution in [1.29, 1.82) is 0 Å². The monoisotopic (exact) mass is 234 g/mol. The second kappa shape index (κ2) is 4.26. The van der Waals surface area contributed by atoms with E-state index in [9.17, 15) is 4.79 Å². The van der Waals surface area contributed by atoms with Gasteiger partial charge >= 0.3 is 0 Å². The summed E-state index contributed by atoms with van der Waals surface area (Å²) in [5.74, 6) is 0.141. The number of Topliss-reactive ketones (excluding diaryl/α,β-unsaturated/α-hetero) is 1. The van der Waals surface area contributed by atoms with Crippen molar-refractivity contribution in [3.8, 4) is 0 Å². The highest BCUT2D eigenvalue weighted by atomic mass is 16.1. The molecule has 2 aromatic carbocycles. The number of carbonyl (C=O) groups is 1. The van der Waals surface area contributed by atoms with Gasteiger partial charge in [0.05, 0.1) is 0 Å². The summed E-state index contributed by atoms with van der Waals surface area (Å²) in [6.07, 6.45) is 2.88. The average Bonchev–Trinajstić information content (AvgIpc) is 2.39. The zero-order chi connectivity index (χ0) is 12.5. The Morgan fingerprint density at radius 3 is 2.67 bits per heavy atom. The smallest absolute Gasteiger partial charge is 0.193 e. The minimum atomic E-state index is 0.141. The molecule has 0 aromatic heterocycles. The van der Waals surface area contributed by atoms with Gasteiger partial charge in [-0.25, -0.2) is 0 Å². The third-order valence-corrected chi connectivity index (χ3v) is 3.36. The third kappa shape index (κ3) is 1.78. The molecule has 0 saturated heterocycles. The van der Waals surface area contributed by atoms with E-state index in [0.717, 1.165) is 28.7 Å². The summed E-state index contributed by atoms with van der Waals surface area (Å²) in [5.41, 5.74) is 5.00. The fraction of sp³-hybridized carbons (Fsp3) is 0.118. The first-order valence-electron chi connectivity index (χ1n) is 6.15. The fourth-order valence-corrected chi connectivity index (χ4v) is 2.43. The van der Waals surface area contributed by atoms with E-state index in [1.54, 1.807) is 0 Å². The molecule has 0 N–H and O–H groups in total. The van der Waals surface area contributed by atoms with Gasteiger partial charge in [0.15, 0.2) is 5.78 Å². The van der Waals surface area contributed by atoms with Crippen LogP contribution >= 0.6 is 0 Å². The van der Waals surface area contributed by atoms with Crippen LogP contribution in [0.2, 0.25) is 0 Å². The maximum atomic E-state index is 12.5. The van der Waals surface area contributed by atoms with E-state index in [1.165, 1.54) is 5.56 Å². The molecule has 1 aliphatic carbocycles. The number of allylic oxidation sites excluding steroid dienone is 2. The van der Waals surface area contributed by atoms with Crippen LogP contribution in [0, 0.1) is 6.92 Å². The van der Waals surface area contributed by atoms with E-state index < -0.39 is 0 Å². The van der Waals surface area contributed by atoms with Crippen LogP contribution in [0.1, 0.15) is 27.0 Å². The normalized spacial score (nSPS) is 14.1. The lowest BCUT2D eigenvalue weighted by atomic mass is 9.87. The Labute approximate surface area is 107 Å². The molecule has 0 fully saturated rings. The Balaban J connectivity index is 2.07. The molecular weight excluding hydrogens is 220 g/mol. The van der Waals surface area contributed by atoms with Gasteiger partial charge in [0.25, 0.3) is 0 Å². The Morgan fingerprint density at radius 1 is 1.00 bits per heavy atom. The molecular formula is C17H14O. The SMILES string of the molecule is Cc1cccc(C2=CCc3ccccc3C2=O)c1. The van der Waals surface area contributed by atoms with Crippen LogP contribution in [-0.2, 0) is 6.42 Å². The molecule has 88 valence electrons. The molecule has 3 rings (SSSR count). The Bertz CT molecular complexity index is 650. The Kier molecular flexibility index (Phi) is 2.60. The number of ketones is 1. The molecule has 0 saturated carbocycles. The zero-order valence-electron chi connectivity index (χ0n) is 10.3. The van der Waals surface area contributed by atoms with E-state index in [1.807, 2.05) is 55.5 Å². The predicted octanol–water partition coefficient (Wildman–Crippen LogP) is 3.82. The van der Waals surface area contributed by atoms with E-state index in [-0.39, 0.29) is 5.78 Å². The predicted molar refractivity (Wildman–Crippen MR) is 73.6 cm³/mol. The van der Waals surface area contributed by atoms with Crippen LogP contribution in [0.5, 0.6) is 0 Å². The summed E-state index contributed by atoms with van der Waals surface area (Å²) in [6, 6.07) is 16.0. The van der Waals surface area contributed by atoms with Gasteiger partial charge in [-0.15, -0.1) is 0 Å². The van der Waals surface area contributed by atoms with Gasteiger partial charge in [-0.3, -0.25) is 4.79 Å². The van der Waals surface area contributed by atoms with Crippen molar-refractivity contribution in [3.63, 3.8) is 0 Å². The first kappa shape index (κ1) is 11.0. The third-order valence-electron chi connectivity index (χ3n) is 3.36. The average molecular weight is 234 g/mol. The van der Waals surface area contributed by atoms with Crippen molar-refractivity contribution >= 4 is 11.4 Å². The van der Waals surface area contributed by atoms with Crippen LogP contribution in [-0.4, -0.2) is 5.78 Å². The minimum Gasteiger partial charge on any atom is -0.289 e. The number of fused-ring (bicyclic) bond motifs is 1. The summed E-state index contributed by atoms with van der Waals surface area (Å²) in [6.45, 7) is 2.05. The summed E-state index contributed by atoms with van der Waals surface area (Å²) in [5, 5.41) is 0. The largest absolute Gasteiger partial charge is 0.289 e. The molecule has 0 spiro atoms. The second-order valence-electron chi connectivity index (χ2n) is 4.68. The fourth-order valence-electron chi connectivity index (χ4n) is 2.43. The highest BCUT2D eigenvalue weighted by Gasteiger charge is 2.20. The number of aryl methyl sites for hydroxylation is 1. The molecule has 0 bridgehead atoms. The second-order valence-corrected chi connectivity index (χ2v) is 4.68. The minimum absolute atomic E-state index is 0.141. The number of rotatable bonds is 1. The van der Waals surface area contributed by atoms with Gasteiger partial charge in [-0.05, 0) is 24.5 Å². The van der Waals surface area contributed by atoms with E-state index in [4.69, 9.17) is 0 Å². The molecule has 2 aromatic rings. The van der Waals surface area contributed by atoms with Crippen molar-refractivity contribution in [1.82, 2.24) is 0 Å². The van der Waals surface area contributed by atoms with Crippen LogP contribution in [0.4, 0.5) is 0 Å². The van der Waals surface area contributed by atoms with Gasteiger partial charge in [0, 0.05) is 11.1 Å². The molecule has 0 heterocycles. The number of benzene rings is 2. The number of hydrogen-bond donors (Lipinski definition) is 0. The van der Waals surface area contributed by atoms with Crippen LogP contribution in [0.15, 0.2) is 54.6 Å². The summed E-state index contributed by atoms with van der Waals surface area (Å²) >= 11 is 0. The lowest BCUT2D eigenvalue weighted by Crippen LogP contribution is -2.11. The molecule has 0 unspecified atom stereocenters. The lowest BCUT2D eigenvalue weighted by Gasteiger charge is -2.16. The van der Waals surface area contributed by atoms with Gasteiger partial charge < -0.3 is 0 Å².